The maximum absolute atomic E-state index is 12.9. The monoisotopic (exact) mass is 414 g/mol. The van der Waals surface area contributed by atoms with Crippen molar-refractivity contribution in [3.63, 3.8) is 0 Å². The van der Waals surface area contributed by atoms with E-state index in [-0.39, 0.29) is 0 Å². The fourth-order valence-corrected chi connectivity index (χ4v) is 5.38. The van der Waals surface area contributed by atoms with Crippen LogP contribution in [0.5, 0.6) is 11.5 Å². The van der Waals surface area contributed by atoms with E-state index in [0.717, 1.165) is 23.6 Å². The Labute approximate surface area is 163 Å². The molecule has 1 saturated heterocycles. The Morgan fingerprint density at radius 2 is 1.70 bits per heavy atom. The molecule has 3 nitrogen and oxygen atoms in total. The average molecular weight is 414 g/mol. The highest BCUT2D eigenvalue weighted by atomic mass is 32.2. The molecular formula is C19H17F3O3S2. The van der Waals surface area contributed by atoms with Crippen molar-refractivity contribution in [2.24, 2.45) is 0 Å². The Kier molecular flexibility index (Phi) is 6.59. The van der Waals surface area contributed by atoms with Gasteiger partial charge in [-0.15, -0.1) is 23.5 Å². The van der Waals surface area contributed by atoms with Gasteiger partial charge in [0.25, 0.3) is 0 Å². The second-order valence-corrected chi connectivity index (χ2v) is 8.48. The Bertz CT molecular complexity index is 773. The first-order chi connectivity index (χ1) is 12.9. The molecule has 1 fully saturated rings. The van der Waals surface area contributed by atoms with Crippen molar-refractivity contribution in [3.05, 3.63) is 59.7 Å². The molecule has 3 rings (SSSR count). The molecule has 0 saturated carbocycles. The van der Waals surface area contributed by atoms with Gasteiger partial charge < -0.3 is 9.47 Å². The number of para-hydroxylation sites is 1. The smallest absolute Gasteiger partial charge is 0.419 e. The summed E-state index contributed by atoms with van der Waals surface area (Å²) < 4.78 is 49.3. The summed E-state index contributed by atoms with van der Waals surface area (Å²) in [6, 6.07) is 12.0. The lowest BCUT2D eigenvalue weighted by atomic mass is 10.2. The van der Waals surface area contributed by atoms with E-state index in [1.807, 2.05) is 35.7 Å². The largest absolute Gasteiger partial charge is 0.482 e. The van der Waals surface area contributed by atoms with Crippen molar-refractivity contribution < 1.29 is 27.4 Å². The zero-order chi connectivity index (χ0) is 19.3. The van der Waals surface area contributed by atoms with Crippen LogP contribution in [0.1, 0.15) is 22.1 Å². The van der Waals surface area contributed by atoms with Crippen LogP contribution in [0, 0.1) is 0 Å². The number of carbonyl (C=O) groups excluding carboxylic acids is 1. The lowest BCUT2D eigenvalue weighted by Crippen LogP contribution is -2.19. The first-order valence-electron chi connectivity index (χ1n) is 8.26. The van der Waals surface area contributed by atoms with Crippen molar-refractivity contribution in [2.75, 3.05) is 18.1 Å². The predicted molar refractivity (Wildman–Crippen MR) is 101 cm³/mol. The zero-order valence-electron chi connectivity index (χ0n) is 14.2. The number of hydrogen-bond donors (Lipinski definition) is 0. The van der Waals surface area contributed by atoms with Gasteiger partial charge in [-0.05, 0) is 47.8 Å². The van der Waals surface area contributed by atoms with Gasteiger partial charge in [0.2, 0.25) is 0 Å². The molecule has 0 radical (unpaired) electrons. The fraction of sp³-hybridized carbons (Fsp3) is 0.316. The van der Waals surface area contributed by atoms with E-state index >= 15 is 0 Å². The van der Waals surface area contributed by atoms with Gasteiger partial charge in [-0.2, -0.15) is 13.2 Å². The summed E-state index contributed by atoms with van der Waals surface area (Å²) >= 11 is 3.80. The van der Waals surface area contributed by atoms with Gasteiger partial charge in [0.05, 0.1) is 10.1 Å². The van der Waals surface area contributed by atoms with E-state index < -0.39 is 30.1 Å². The molecule has 1 heterocycles. The van der Waals surface area contributed by atoms with Gasteiger partial charge in [-0.3, -0.25) is 0 Å². The van der Waals surface area contributed by atoms with Crippen LogP contribution in [-0.4, -0.2) is 24.1 Å². The molecule has 0 aliphatic carbocycles. The molecule has 0 aromatic heterocycles. The first-order valence-corrected chi connectivity index (χ1v) is 10.4. The van der Waals surface area contributed by atoms with E-state index in [9.17, 15) is 18.0 Å². The molecule has 1 aliphatic rings. The molecule has 0 atom stereocenters. The molecule has 2 aromatic rings. The number of thioether (sulfide) groups is 2. The second kappa shape index (κ2) is 8.93. The van der Waals surface area contributed by atoms with Crippen LogP contribution in [0.15, 0.2) is 48.5 Å². The van der Waals surface area contributed by atoms with Crippen molar-refractivity contribution in [2.45, 2.75) is 17.2 Å². The number of hydrogen-bond acceptors (Lipinski definition) is 5. The Morgan fingerprint density at radius 1 is 1.04 bits per heavy atom. The van der Waals surface area contributed by atoms with Gasteiger partial charge in [0.15, 0.2) is 6.61 Å². The summed E-state index contributed by atoms with van der Waals surface area (Å²) in [5.74, 6) is 1.32. The number of esters is 1. The molecule has 0 unspecified atom stereocenters. The third-order valence-electron chi connectivity index (χ3n) is 3.75. The van der Waals surface area contributed by atoms with E-state index in [2.05, 4.69) is 0 Å². The van der Waals surface area contributed by atoms with Gasteiger partial charge >= 0.3 is 12.1 Å². The number of benzene rings is 2. The second-order valence-electron chi connectivity index (χ2n) is 5.75. The Hall–Kier alpha value is -1.80. The summed E-state index contributed by atoms with van der Waals surface area (Å²) in [6.07, 6.45) is -3.38. The highest BCUT2D eigenvalue weighted by Crippen LogP contribution is 2.43. The van der Waals surface area contributed by atoms with Gasteiger partial charge in [-0.25, -0.2) is 4.79 Å². The number of ether oxygens (including phenoxy) is 2. The van der Waals surface area contributed by atoms with Gasteiger partial charge in [0.1, 0.15) is 11.5 Å². The topological polar surface area (TPSA) is 35.5 Å². The summed E-state index contributed by atoms with van der Waals surface area (Å²) in [4.78, 5) is 11.9. The van der Waals surface area contributed by atoms with E-state index in [0.29, 0.717) is 10.3 Å². The molecule has 1 aliphatic heterocycles. The molecule has 0 bridgehead atoms. The van der Waals surface area contributed by atoms with Crippen LogP contribution < -0.4 is 9.47 Å². The first kappa shape index (κ1) is 19.9. The molecule has 0 amide bonds. The van der Waals surface area contributed by atoms with Crippen LogP contribution in [0.4, 0.5) is 13.2 Å². The molecule has 0 N–H and O–H groups in total. The van der Waals surface area contributed by atoms with Gasteiger partial charge in [-0.1, -0.05) is 24.3 Å². The van der Waals surface area contributed by atoms with Crippen LogP contribution in [0.25, 0.3) is 0 Å². The Balaban J connectivity index is 1.55. The van der Waals surface area contributed by atoms with Crippen molar-refractivity contribution in [1.29, 1.82) is 0 Å². The lowest BCUT2D eigenvalue weighted by Gasteiger charge is -2.21. The Morgan fingerprint density at radius 3 is 2.37 bits per heavy atom. The van der Waals surface area contributed by atoms with Crippen LogP contribution >= 0.6 is 23.5 Å². The van der Waals surface area contributed by atoms with E-state index in [4.69, 9.17) is 9.47 Å². The molecule has 0 spiro atoms. The molecule has 27 heavy (non-hydrogen) atoms. The highest BCUT2D eigenvalue weighted by molar-refractivity contribution is 8.16. The van der Waals surface area contributed by atoms with Crippen molar-refractivity contribution in [3.8, 4) is 11.5 Å². The molecular weight excluding hydrogens is 397 g/mol. The molecule has 8 heteroatoms. The standard InChI is InChI=1S/C19H17F3O3S2/c20-19(21,22)15-4-1-2-5-16(15)25-17(23)12-24-14-8-6-13(7-9-14)18-26-10-3-11-27-18/h1-2,4-9,18H,3,10-12H2. The molecule has 144 valence electrons. The van der Waals surface area contributed by atoms with Crippen molar-refractivity contribution >= 4 is 29.5 Å². The minimum atomic E-state index is -4.59. The van der Waals surface area contributed by atoms with Crippen molar-refractivity contribution in [1.82, 2.24) is 0 Å². The number of halogens is 3. The predicted octanol–water partition coefficient (Wildman–Crippen LogP) is 5.56. The summed E-state index contributed by atoms with van der Waals surface area (Å²) in [6.45, 7) is -0.474. The summed E-state index contributed by atoms with van der Waals surface area (Å²) in [5, 5.41) is 0. The minimum absolute atomic E-state index is 0.400. The fourth-order valence-electron chi connectivity index (χ4n) is 2.49. The SMILES string of the molecule is O=C(COc1ccc(C2SCCCS2)cc1)Oc1ccccc1C(F)(F)F. The quantitative estimate of drug-likeness (QED) is 0.473. The third-order valence-corrected chi connectivity index (χ3v) is 6.77. The maximum atomic E-state index is 12.9. The number of rotatable bonds is 5. The normalized spacial score (nSPS) is 15.4. The number of carbonyl (C=O) groups is 1. The zero-order valence-corrected chi connectivity index (χ0v) is 15.8. The summed E-state index contributed by atoms with van der Waals surface area (Å²) in [5.41, 5.74) is 0.184. The lowest BCUT2D eigenvalue weighted by molar-refractivity contribution is -0.143. The van der Waals surface area contributed by atoms with E-state index in [1.54, 1.807) is 12.1 Å². The highest BCUT2D eigenvalue weighted by Gasteiger charge is 2.34. The average Bonchev–Trinajstić information content (AvgIpc) is 2.67. The van der Waals surface area contributed by atoms with Gasteiger partial charge in [0, 0.05) is 0 Å². The minimum Gasteiger partial charge on any atom is -0.482 e. The molecule has 2 aromatic carbocycles. The van der Waals surface area contributed by atoms with Crippen LogP contribution in [0.3, 0.4) is 0 Å². The van der Waals surface area contributed by atoms with E-state index in [1.165, 1.54) is 24.1 Å². The van der Waals surface area contributed by atoms with Crippen LogP contribution in [0.2, 0.25) is 0 Å². The van der Waals surface area contributed by atoms with Crippen LogP contribution in [-0.2, 0) is 11.0 Å². The number of alkyl halides is 3. The summed E-state index contributed by atoms with van der Waals surface area (Å²) in [7, 11) is 0. The third kappa shape index (κ3) is 5.59. The maximum Gasteiger partial charge on any atom is 0.419 e.